The van der Waals surface area contributed by atoms with Gasteiger partial charge in [-0.3, -0.25) is 0 Å². The second-order valence-corrected chi connectivity index (χ2v) is 7.11. The van der Waals surface area contributed by atoms with E-state index in [0.717, 1.165) is 18.8 Å². The Bertz CT molecular complexity index is 405. The molecular formula is C16H25NS. The van der Waals surface area contributed by atoms with E-state index in [0.29, 0.717) is 11.3 Å². The van der Waals surface area contributed by atoms with Gasteiger partial charge in [-0.25, -0.2) is 4.99 Å². The molecule has 1 fully saturated rings. The third-order valence-corrected chi connectivity index (χ3v) is 5.31. The average Bonchev–Trinajstić information content (AvgIpc) is 2.62. The summed E-state index contributed by atoms with van der Waals surface area (Å²) >= 11 is 4.81. The van der Waals surface area contributed by atoms with Crippen LogP contribution in [0.1, 0.15) is 59.8 Å². The molecule has 2 aliphatic carbocycles. The fraction of sp³-hybridized carbons (Fsp3) is 0.812. The van der Waals surface area contributed by atoms with Crippen molar-refractivity contribution in [2.24, 2.45) is 22.2 Å². The first-order valence-corrected chi connectivity index (χ1v) is 7.62. The van der Waals surface area contributed by atoms with Gasteiger partial charge in [0, 0.05) is 0 Å². The molecule has 0 bridgehead atoms. The van der Waals surface area contributed by atoms with E-state index >= 15 is 0 Å². The van der Waals surface area contributed by atoms with Crippen molar-refractivity contribution in [3.8, 4) is 0 Å². The van der Waals surface area contributed by atoms with E-state index in [1.54, 1.807) is 5.57 Å². The van der Waals surface area contributed by atoms with Crippen LogP contribution in [0.25, 0.3) is 0 Å². The Kier molecular flexibility index (Phi) is 3.80. The van der Waals surface area contributed by atoms with Crippen molar-refractivity contribution in [2.75, 3.05) is 0 Å². The van der Waals surface area contributed by atoms with E-state index in [1.165, 1.54) is 19.3 Å². The summed E-state index contributed by atoms with van der Waals surface area (Å²) in [5.41, 5.74) is 2.07. The lowest BCUT2D eigenvalue weighted by Crippen LogP contribution is -2.31. The maximum Gasteiger partial charge on any atom is 0.0691 e. The molecule has 2 rings (SSSR count). The molecule has 0 saturated heterocycles. The zero-order valence-corrected chi connectivity index (χ0v) is 12.9. The molecule has 0 aliphatic heterocycles. The van der Waals surface area contributed by atoms with Gasteiger partial charge in [0.2, 0.25) is 0 Å². The minimum Gasteiger partial charge on any atom is -0.226 e. The number of hydrogen-bond acceptors (Lipinski definition) is 2. The molecular weight excluding hydrogens is 238 g/mol. The van der Waals surface area contributed by atoms with E-state index < -0.39 is 0 Å². The summed E-state index contributed by atoms with van der Waals surface area (Å²) in [5, 5.41) is 2.61. The van der Waals surface area contributed by atoms with Gasteiger partial charge in [0.05, 0.1) is 10.7 Å². The summed E-state index contributed by atoms with van der Waals surface area (Å²) in [6.45, 7) is 9.30. The Labute approximate surface area is 117 Å². The van der Waals surface area contributed by atoms with Gasteiger partial charge in [0.1, 0.15) is 0 Å². The van der Waals surface area contributed by atoms with Gasteiger partial charge in [-0.15, -0.1) is 0 Å². The third kappa shape index (κ3) is 2.46. The van der Waals surface area contributed by atoms with Gasteiger partial charge in [-0.05, 0) is 68.5 Å². The number of thiocarbonyl (C=S) groups is 1. The van der Waals surface area contributed by atoms with Gasteiger partial charge in [0.15, 0.2) is 0 Å². The first kappa shape index (κ1) is 14.0. The number of allylic oxidation sites excluding steroid dienone is 2. The minimum absolute atomic E-state index is 0.0337. The van der Waals surface area contributed by atoms with E-state index in [4.69, 9.17) is 12.2 Å². The predicted octanol–water partition coefficient (Wildman–Crippen LogP) is 5.03. The Morgan fingerprint density at radius 1 is 1.44 bits per heavy atom. The Hall–Kier alpha value is -0.460. The number of aliphatic imine (C=N–C) groups is 1. The van der Waals surface area contributed by atoms with E-state index in [-0.39, 0.29) is 5.54 Å². The van der Waals surface area contributed by atoms with E-state index in [2.05, 4.69) is 43.9 Å². The molecule has 0 N–H and O–H groups in total. The monoisotopic (exact) mass is 263 g/mol. The molecule has 0 heterocycles. The van der Waals surface area contributed by atoms with E-state index in [1.807, 2.05) is 0 Å². The van der Waals surface area contributed by atoms with Gasteiger partial charge < -0.3 is 0 Å². The van der Waals surface area contributed by atoms with Crippen LogP contribution in [0.2, 0.25) is 0 Å². The van der Waals surface area contributed by atoms with Crippen molar-refractivity contribution >= 4 is 17.4 Å². The smallest absolute Gasteiger partial charge is 0.0691 e. The van der Waals surface area contributed by atoms with Crippen molar-refractivity contribution in [3.05, 3.63) is 11.6 Å². The topological polar surface area (TPSA) is 12.4 Å². The molecule has 0 aromatic heterocycles. The lowest BCUT2D eigenvalue weighted by atomic mass is 9.66. The summed E-state index contributed by atoms with van der Waals surface area (Å²) in [6, 6.07) is 0. The average molecular weight is 263 g/mol. The lowest BCUT2D eigenvalue weighted by Gasteiger charge is -2.39. The highest BCUT2D eigenvalue weighted by Gasteiger charge is 2.48. The van der Waals surface area contributed by atoms with Gasteiger partial charge >= 0.3 is 0 Å². The number of isothiocyanates is 1. The van der Waals surface area contributed by atoms with Crippen LogP contribution in [-0.2, 0) is 0 Å². The predicted molar refractivity (Wildman–Crippen MR) is 81.0 cm³/mol. The third-order valence-electron chi connectivity index (χ3n) is 5.22. The lowest BCUT2D eigenvalue weighted by molar-refractivity contribution is 0.209. The Morgan fingerprint density at radius 2 is 2.17 bits per heavy atom. The zero-order chi connectivity index (χ0) is 13.4. The number of nitrogens with zero attached hydrogens (tertiary/aromatic N) is 1. The quantitative estimate of drug-likeness (QED) is 0.386. The van der Waals surface area contributed by atoms with Crippen LogP contribution in [0.3, 0.4) is 0 Å². The van der Waals surface area contributed by atoms with Crippen LogP contribution < -0.4 is 0 Å². The largest absolute Gasteiger partial charge is 0.226 e. The van der Waals surface area contributed by atoms with Crippen LogP contribution in [0.5, 0.6) is 0 Å². The van der Waals surface area contributed by atoms with Crippen molar-refractivity contribution in [3.63, 3.8) is 0 Å². The van der Waals surface area contributed by atoms with Crippen LogP contribution in [0, 0.1) is 17.3 Å². The number of hydrogen-bond donors (Lipinski definition) is 0. The fourth-order valence-corrected chi connectivity index (χ4v) is 4.07. The first-order valence-electron chi connectivity index (χ1n) is 7.21. The molecule has 1 saturated carbocycles. The first-order chi connectivity index (χ1) is 8.41. The second kappa shape index (κ2) is 4.90. The molecule has 100 valence electrons. The summed E-state index contributed by atoms with van der Waals surface area (Å²) in [4.78, 5) is 4.45. The molecule has 0 radical (unpaired) electrons. The fourth-order valence-electron chi connectivity index (χ4n) is 3.85. The Balaban J connectivity index is 2.30. The zero-order valence-electron chi connectivity index (χ0n) is 12.1. The van der Waals surface area contributed by atoms with Crippen molar-refractivity contribution in [1.82, 2.24) is 0 Å². The summed E-state index contributed by atoms with van der Waals surface area (Å²) < 4.78 is 0. The van der Waals surface area contributed by atoms with Gasteiger partial charge in [-0.1, -0.05) is 32.4 Å². The molecule has 2 heteroatoms. The summed E-state index contributed by atoms with van der Waals surface area (Å²) in [5.74, 6) is 1.47. The van der Waals surface area contributed by atoms with Gasteiger partial charge in [-0.2, -0.15) is 0 Å². The van der Waals surface area contributed by atoms with Crippen LogP contribution in [0.4, 0.5) is 0 Å². The molecule has 0 amide bonds. The normalized spacial score (nSPS) is 39.8. The molecule has 1 nitrogen and oxygen atoms in total. The van der Waals surface area contributed by atoms with Crippen molar-refractivity contribution < 1.29 is 0 Å². The Morgan fingerprint density at radius 3 is 2.78 bits per heavy atom. The maximum atomic E-state index is 4.81. The second-order valence-electron chi connectivity index (χ2n) is 6.92. The molecule has 3 atom stereocenters. The minimum atomic E-state index is 0.0337. The van der Waals surface area contributed by atoms with Crippen LogP contribution >= 0.6 is 12.2 Å². The maximum absolute atomic E-state index is 4.81. The van der Waals surface area contributed by atoms with Crippen molar-refractivity contribution in [2.45, 2.75) is 65.3 Å². The number of rotatable bonds is 2. The molecule has 0 unspecified atom stereocenters. The highest BCUT2D eigenvalue weighted by Crippen LogP contribution is 2.55. The molecule has 1 spiro atoms. The highest BCUT2D eigenvalue weighted by atomic mass is 32.1. The standard InChI is InChI=1S/C16H25NS/c1-12(2)14-6-5-13(3)16(9-14)8-7-15(4,10-16)17-11-18/h9,12-13H,5-8,10H2,1-4H3/t13-,15+,16-/m0/s1. The summed E-state index contributed by atoms with van der Waals surface area (Å²) in [6.07, 6.45) is 8.80. The molecule has 2 aliphatic rings. The molecule has 18 heavy (non-hydrogen) atoms. The molecule has 0 aromatic carbocycles. The van der Waals surface area contributed by atoms with E-state index in [9.17, 15) is 0 Å². The van der Waals surface area contributed by atoms with Crippen LogP contribution in [0.15, 0.2) is 16.6 Å². The SMILES string of the molecule is CC(C)C1=C[C@]2(CC[C@@](C)(N=C=S)C2)[C@@H](C)CC1. The van der Waals surface area contributed by atoms with Crippen molar-refractivity contribution in [1.29, 1.82) is 0 Å². The molecule has 0 aromatic rings. The van der Waals surface area contributed by atoms with Crippen LogP contribution in [-0.4, -0.2) is 10.7 Å². The van der Waals surface area contributed by atoms with Gasteiger partial charge in [0.25, 0.3) is 0 Å². The summed E-state index contributed by atoms with van der Waals surface area (Å²) in [7, 11) is 0. The highest BCUT2D eigenvalue weighted by molar-refractivity contribution is 7.78.